The first kappa shape index (κ1) is 23.6. The van der Waals surface area contributed by atoms with Gasteiger partial charge in [0.25, 0.3) is 5.91 Å². The number of nitrogens with zero attached hydrogens (tertiary/aromatic N) is 3. The molecular formula is C21H20F3N5O4S. The highest BCUT2D eigenvalue weighted by Crippen LogP contribution is 2.34. The van der Waals surface area contributed by atoms with Crippen LogP contribution in [0.1, 0.15) is 17.3 Å². The summed E-state index contributed by atoms with van der Waals surface area (Å²) in [5.74, 6) is 0.000949. The molecule has 2 aromatic carbocycles. The van der Waals surface area contributed by atoms with Crippen LogP contribution in [0.3, 0.4) is 0 Å². The monoisotopic (exact) mass is 495 g/mol. The van der Waals surface area contributed by atoms with E-state index in [1.807, 2.05) is 0 Å². The van der Waals surface area contributed by atoms with Gasteiger partial charge in [0.05, 0.1) is 40.0 Å². The fourth-order valence-electron chi connectivity index (χ4n) is 3.26. The summed E-state index contributed by atoms with van der Waals surface area (Å²) in [5.41, 5.74) is 1.94. The number of fused-ring (bicyclic) bond motifs is 2. The zero-order valence-corrected chi connectivity index (χ0v) is 19.0. The van der Waals surface area contributed by atoms with Crippen molar-refractivity contribution >= 4 is 49.6 Å². The lowest BCUT2D eigenvalue weighted by Gasteiger charge is -2.11. The molecule has 3 N–H and O–H groups in total. The van der Waals surface area contributed by atoms with Crippen molar-refractivity contribution in [1.82, 2.24) is 19.9 Å². The number of benzene rings is 2. The number of hydrogen-bond acceptors (Lipinski definition) is 8. The normalized spacial score (nSPS) is 12.7. The number of amides is 1. The number of rotatable bonds is 7. The first-order chi connectivity index (χ1) is 16.0. The number of alkyl halides is 3. The summed E-state index contributed by atoms with van der Waals surface area (Å²) in [6.45, 7) is 1.64. The number of nitrogens with one attached hydrogen (secondary N) is 2. The van der Waals surface area contributed by atoms with E-state index in [1.165, 1.54) is 25.3 Å². The van der Waals surface area contributed by atoms with Crippen molar-refractivity contribution in [3.05, 3.63) is 35.9 Å². The summed E-state index contributed by atoms with van der Waals surface area (Å²) in [5, 5.41) is 15.5. The molecular weight excluding hydrogens is 475 g/mol. The Labute approximate surface area is 195 Å². The average molecular weight is 495 g/mol. The Bertz CT molecular complexity index is 1370. The molecule has 13 heteroatoms. The molecule has 0 radical (unpaired) electrons. The van der Waals surface area contributed by atoms with Gasteiger partial charge in [0.15, 0.2) is 5.13 Å². The number of aromatic nitrogens is 3. The molecule has 0 spiro atoms. The number of halogens is 3. The maximum absolute atomic E-state index is 12.5. The van der Waals surface area contributed by atoms with E-state index in [0.717, 1.165) is 11.3 Å². The molecule has 0 aliphatic carbocycles. The standard InChI is InChI=1S/C21H20F3N5O4S/c1-10(30)9-25-18(31)12-7-14-15(8-16(12)32-3)29(2)19(26-14)28-20-27-13-5-4-11(6-17(13)34-20)33-21(22,23)24/h4-8,10,30H,9H2,1-3H3,(H,25,31)(H,26,27,28). The van der Waals surface area contributed by atoms with Crippen LogP contribution >= 0.6 is 11.3 Å². The van der Waals surface area contributed by atoms with Crippen LogP contribution in [0.2, 0.25) is 0 Å². The van der Waals surface area contributed by atoms with Gasteiger partial charge < -0.3 is 29.8 Å². The molecule has 2 aromatic heterocycles. The highest BCUT2D eigenvalue weighted by molar-refractivity contribution is 7.22. The van der Waals surface area contributed by atoms with Gasteiger partial charge in [0.2, 0.25) is 5.95 Å². The molecule has 34 heavy (non-hydrogen) atoms. The first-order valence-corrected chi connectivity index (χ1v) is 10.8. The third kappa shape index (κ3) is 4.99. The molecule has 2 heterocycles. The van der Waals surface area contributed by atoms with Gasteiger partial charge in [-0.2, -0.15) is 0 Å². The van der Waals surface area contributed by atoms with E-state index in [9.17, 15) is 23.1 Å². The molecule has 180 valence electrons. The van der Waals surface area contributed by atoms with Gasteiger partial charge in [0, 0.05) is 25.7 Å². The smallest absolute Gasteiger partial charge is 0.496 e. The van der Waals surface area contributed by atoms with Crippen molar-refractivity contribution in [1.29, 1.82) is 0 Å². The van der Waals surface area contributed by atoms with Gasteiger partial charge in [-0.25, -0.2) is 9.97 Å². The molecule has 9 nitrogen and oxygen atoms in total. The number of anilines is 2. The van der Waals surface area contributed by atoms with Gasteiger partial charge in [-0.3, -0.25) is 4.79 Å². The number of aliphatic hydroxyl groups is 1. The quantitative estimate of drug-likeness (QED) is 0.356. The molecule has 0 saturated carbocycles. The number of carbonyl (C=O) groups is 1. The van der Waals surface area contributed by atoms with Crippen LogP contribution in [-0.2, 0) is 7.05 Å². The topological polar surface area (TPSA) is 111 Å². The molecule has 1 amide bonds. The molecule has 0 fully saturated rings. The van der Waals surface area contributed by atoms with Crippen LogP contribution in [0.5, 0.6) is 11.5 Å². The molecule has 4 aromatic rings. The Kier molecular flexibility index (Phi) is 6.23. The van der Waals surface area contributed by atoms with Gasteiger partial charge in [-0.1, -0.05) is 11.3 Å². The molecule has 0 aliphatic heterocycles. The van der Waals surface area contributed by atoms with Crippen LogP contribution < -0.4 is 20.1 Å². The van der Waals surface area contributed by atoms with Crippen molar-refractivity contribution < 1.29 is 32.5 Å². The fraction of sp³-hybridized carbons (Fsp3) is 0.286. The van der Waals surface area contributed by atoms with Gasteiger partial charge >= 0.3 is 6.36 Å². The summed E-state index contributed by atoms with van der Waals surface area (Å²) in [7, 11) is 3.20. The Balaban J connectivity index is 1.63. The zero-order valence-electron chi connectivity index (χ0n) is 18.2. The number of ether oxygens (including phenoxy) is 2. The molecule has 4 rings (SSSR count). The number of carbonyl (C=O) groups excluding carboxylic acids is 1. The molecule has 1 atom stereocenters. The van der Waals surface area contributed by atoms with E-state index in [1.54, 1.807) is 30.7 Å². The Morgan fingerprint density at radius 1 is 1.24 bits per heavy atom. The number of hydrogen-bond donors (Lipinski definition) is 3. The number of methoxy groups -OCH3 is 1. The lowest BCUT2D eigenvalue weighted by Crippen LogP contribution is -2.30. The van der Waals surface area contributed by atoms with Crippen molar-refractivity contribution in [3.63, 3.8) is 0 Å². The average Bonchev–Trinajstić information content (AvgIpc) is 3.29. The fourth-order valence-corrected chi connectivity index (χ4v) is 4.15. The predicted molar refractivity (Wildman–Crippen MR) is 121 cm³/mol. The summed E-state index contributed by atoms with van der Waals surface area (Å²) in [4.78, 5) is 21.4. The van der Waals surface area contributed by atoms with E-state index in [2.05, 4.69) is 25.3 Å². The Hall–Kier alpha value is -3.58. The molecule has 0 aliphatic rings. The minimum atomic E-state index is -4.78. The van der Waals surface area contributed by atoms with Crippen LogP contribution in [-0.4, -0.2) is 51.7 Å². The first-order valence-electron chi connectivity index (χ1n) is 9.98. The largest absolute Gasteiger partial charge is 0.573 e. The number of aryl methyl sites for hydroxylation is 1. The second-order valence-electron chi connectivity index (χ2n) is 7.42. The zero-order chi connectivity index (χ0) is 24.6. The Morgan fingerprint density at radius 2 is 2.00 bits per heavy atom. The van der Waals surface area contributed by atoms with Crippen LogP contribution in [0.25, 0.3) is 21.3 Å². The lowest BCUT2D eigenvalue weighted by atomic mass is 10.1. The number of imidazole rings is 1. The van der Waals surface area contributed by atoms with Crippen molar-refractivity contribution in [2.45, 2.75) is 19.4 Å². The summed E-state index contributed by atoms with van der Waals surface area (Å²) in [6.07, 6.45) is -5.48. The van der Waals surface area contributed by atoms with Crippen LogP contribution in [0, 0.1) is 0 Å². The second-order valence-corrected chi connectivity index (χ2v) is 8.45. The maximum Gasteiger partial charge on any atom is 0.573 e. The van der Waals surface area contributed by atoms with E-state index >= 15 is 0 Å². The SMILES string of the molecule is COc1cc2c(cc1C(=O)NCC(C)O)nc(Nc1nc3ccc(OC(F)(F)F)cc3s1)n2C. The van der Waals surface area contributed by atoms with E-state index in [4.69, 9.17) is 4.74 Å². The number of thiazole rings is 1. The van der Waals surface area contributed by atoms with Crippen LogP contribution in [0.15, 0.2) is 30.3 Å². The minimum absolute atomic E-state index is 0.0857. The lowest BCUT2D eigenvalue weighted by molar-refractivity contribution is -0.274. The maximum atomic E-state index is 12.5. The molecule has 1 unspecified atom stereocenters. The van der Waals surface area contributed by atoms with Gasteiger partial charge in [-0.15, -0.1) is 13.2 Å². The second kappa shape index (κ2) is 8.99. The highest BCUT2D eigenvalue weighted by atomic mass is 32.1. The van der Waals surface area contributed by atoms with Crippen molar-refractivity contribution in [3.8, 4) is 11.5 Å². The van der Waals surface area contributed by atoms with Gasteiger partial charge in [0.1, 0.15) is 11.5 Å². The summed E-state index contributed by atoms with van der Waals surface area (Å²) in [6, 6.07) is 7.16. The summed E-state index contributed by atoms with van der Waals surface area (Å²) < 4.78 is 49.0. The van der Waals surface area contributed by atoms with Crippen molar-refractivity contribution in [2.24, 2.45) is 7.05 Å². The number of aliphatic hydroxyl groups excluding tert-OH is 1. The van der Waals surface area contributed by atoms with E-state index in [0.29, 0.717) is 38.1 Å². The third-order valence-electron chi connectivity index (χ3n) is 4.82. The summed E-state index contributed by atoms with van der Waals surface area (Å²) >= 11 is 1.14. The minimum Gasteiger partial charge on any atom is -0.496 e. The predicted octanol–water partition coefficient (Wildman–Crippen LogP) is 3.94. The molecule has 0 bridgehead atoms. The van der Waals surface area contributed by atoms with Crippen LogP contribution in [0.4, 0.5) is 24.3 Å². The molecule has 0 saturated heterocycles. The van der Waals surface area contributed by atoms with E-state index < -0.39 is 18.4 Å². The Morgan fingerprint density at radius 3 is 2.68 bits per heavy atom. The van der Waals surface area contributed by atoms with Gasteiger partial charge in [-0.05, 0) is 25.1 Å². The third-order valence-corrected chi connectivity index (χ3v) is 5.75. The van der Waals surface area contributed by atoms with E-state index in [-0.39, 0.29) is 17.9 Å². The van der Waals surface area contributed by atoms with Crippen molar-refractivity contribution in [2.75, 3.05) is 19.0 Å². The highest BCUT2D eigenvalue weighted by Gasteiger charge is 2.31.